The summed E-state index contributed by atoms with van der Waals surface area (Å²) in [5.74, 6) is -2.95. The van der Waals surface area contributed by atoms with Crippen molar-refractivity contribution < 1.29 is 41.0 Å². The van der Waals surface area contributed by atoms with Gasteiger partial charge >= 0.3 is 18.3 Å². The van der Waals surface area contributed by atoms with Crippen LogP contribution >= 0.6 is 0 Å². The fraction of sp³-hybridized carbons (Fsp3) is 0.476. The van der Waals surface area contributed by atoms with E-state index < -0.39 is 41.7 Å². The molecule has 0 saturated heterocycles. The van der Waals surface area contributed by atoms with Gasteiger partial charge in [0.2, 0.25) is 0 Å². The molecule has 0 aliphatic heterocycles. The van der Waals surface area contributed by atoms with Crippen molar-refractivity contribution in [2.24, 2.45) is 5.92 Å². The van der Waals surface area contributed by atoms with Gasteiger partial charge < -0.3 is 15.2 Å². The molecule has 1 saturated carbocycles. The van der Waals surface area contributed by atoms with Crippen molar-refractivity contribution in [1.29, 1.82) is 0 Å². The molecule has 2 aromatic rings. The number of fused-ring (bicyclic) bond motifs is 1. The van der Waals surface area contributed by atoms with Crippen LogP contribution in [0.2, 0.25) is 0 Å². The zero-order valence-corrected chi connectivity index (χ0v) is 16.3. The molecule has 1 aliphatic rings. The number of hydrogen-bond donors (Lipinski definition) is 2. The molecule has 0 aromatic heterocycles. The highest BCUT2D eigenvalue weighted by molar-refractivity contribution is 5.91. The lowest BCUT2D eigenvalue weighted by molar-refractivity contribution is -0.185. The molecule has 0 amide bonds. The van der Waals surface area contributed by atoms with Crippen LogP contribution in [-0.2, 0) is 17.5 Å². The summed E-state index contributed by atoms with van der Waals surface area (Å²) in [6.07, 6.45) is -10.1. The minimum Gasteiger partial charge on any atom is -0.490 e. The molecule has 2 aromatic carbocycles. The van der Waals surface area contributed by atoms with Crippen LogP contribution in [0.25, 0.3) is 10.8 Å². The van der Waals surface area contributed by atoms with Crippen molar-refractivity contribution in [2.75, 3.05) is 6.54 Å². The van der Waals surface area contributed by atoms with E-state index >= 15 is 0 Å². The van der Waals surface area contributed by atoms with E-state index in [2.05, 4.69) is 5.32 Å². The van der Waals surface area contributed by atoms with E-state index in [0.29, 0.717) is 10.9 Å². The van der Waals surface area contributed by atoms with Crippen LogP contribution in [0.5, 0.6) is 5.75 Å². The Morgan fingerprint density at radius 2 is 1.68 bits per heavy atom. The Hall–Kier alpha value is -2.49. The zero-order valence-electron chi connectivity index (χ0n) is 16.3. The fourth-order valence-electron chi connectivity index (χ4n) is 3.94. The van der Waals surface area contributed by atoms with Crippen LogP contribution in [0.1, 0.15) is 36.8 Å². The molecule has 31 heavy (non-hydrogen) atoms. The van der Waals surface area contributed by atoms with Gasteiger partial charge in [-0.05, 0) is 48.1 Å². The van der Waals surface area contributed by atoms with Gasteiger partial charge in [0.25, 0.3) is 0 Å². The van der Waals surface area contributed by atoms with Crippen molar-refractivity contribution in [3.63, 3.8) is 0 Å². The smallest absolute Gasteiger partial charge is 0.420 e. The molecule has 4 nitrogen and oxygen atoms in total. The molecule has 3 rings (SSSR count). The number of aliphatic carboxylic acids is 1. The van der Waals surface area contributed by atoms with Crippen molar-refractivity contribution in [2.45, 2.75) is 50.7 Å². The molecule has 10 heteroatoms. The Bertz CT molecular complexity index is 933. The second-order valence-corrected chi connectivity index (χ2v) is 7.58. The average molecular weight is 449 g/mol. The first-order chi connectivity index (χ1) is 14.5. The predicted octanol–water partition coefficient (Wildman–Crippen LogP) is 5.53. The number of halogens is 6. The van der Waals surface area contributed by atoms with Crippen molar-refractivity contribution in [3.8, 4) is 5.75 Å². The van der Waals surface area contributed by atoms with Gasteiger partial charge in [0.05, 0.1) is 18.6 Å². The maximum Gasteiger partial charge on any atom is 0.420 e. The van der Waals surface area contributed by atoms with E-state index in [1.54, 1.807) is 6.07 Å². The largest absolute Gasteiger partial charge is 0.490 e. The lowest BCUT2D eigenvalue weighted by Crippen LogP contribution is -2.32. The Balaban J connectivity index is 1.88. The maximum absolute atomic E-state index is 13.9. The van der Waals surface area contributed by atoms with Crippen LogP contribution in [-0.4, -0.2) is 29.9 Å². The average Bonchev–Trinajstić information content (AvgIpc) is 2.66. The third kappa shape index (κ3) is 5.61. The Morgan fingerprint density at radius 3 is 2.26 bits per heavy atom. The number of alkyl halides is 6. The molecule has 2 N–H and O–H groups in total. The molecule has 0 spiro atoms. The summed E-state index contributed by atoms with van der Waals surface area (Å²) >= 11 is 0. The standard InChI is InChI=1S/C21H21F6NO3/c22-20(23,24)13-4-6-14(7-5-13)31-17-9-8-15-12(10-28-11-18(29)30)2-1-3-16(15)19(17)21(25,26)27/h1-3,8-9,13-14,28H,4-7,10-11H2,(H,29,30)/t13-,14+. The van der Waals surface area contributed by atoms with Gasteiger partial charge in [-0.2, -0.15) is 26.3 Å². The van der Waals surface area contributed by atoms with E-state index in [4.69, 9.17) is 9.84 Å². The molecule has 1 fully saturated rings. The van der Waals surface area contributed by atoms with Gasteiger partial charge in [-0.1, -0.05) is 24.3 Å². The summed E-state index contributed by atoms with van der Waals surface area (Å²) in [4.78, 5) is 10.7. The summed E-state index contributed by atoms with van der Waals surface area (Å²) in [5.41, 5.74) is -0.496. The van der Waals surface area contributed by atoms with Gasteiger partial charge in [0.15, 0.2) is 0 Å². The number of nitrogens with one attached hydrogen (secondary N) is 1. The van der Waals surface area contributed by atoms with Crippen LogP contribution in [0, 0.1) is 5.92 Å². The lowest BCUT2D eigenvalue weighted by atomic mass is 9.87. The molecular weight excluding hydrogens is 428 g/mol. The summed E-state index contributed by atoms with van der Waals surface area (Å²) in [6, 6.07) is 6.97. The highest BCUT2D eigenvalue weighted by Gasteiger charge is 2.42. The number of hydrogen-bond acceptors (Lipinski definition) is 3. The molecule has 0 unspecified atom stereocenters. The fourth-order valence-corrected chi connectivity index (χ4v) is 3.94. The van der Waals surface area contributed by atoms with Crippen molar-refractivity contribution >= 4 is 16.7 Å². The van der Waals surface area contributed by atoms with E-state index in [0.717, 1.165) is 0 Å². The molecule has 0 radical (unpaired) electrons. The van der Waals surface area contributed by atoms with Gasteiger partial charge in [-0.3, -0.25) is 4.79 Å². The minimum absolute atomic E-state index is 0.0264. The number of benzene rings is 2. The highest BCUT2D eigenvalue weighted by Crippen LogP contribution is 2.44. The Kier molecular flexibility index (Phi) is 6.68. The summed E-state index contributed by atoms with van der Waals surface area (Å²) in [7, 11) is 0. The quantitative estimate of drug-likeness (QED) is 0.570. The number of carbonyl (C=O) groups is 1. The first-order valence-corrected chi connectivity index (χ1v) is 9.74. The van der Waals surface area contributed by atoms with Crippen molar-refractivity contribution in [1.82, 2.24) is 5.32 Å². The topological polar surface area (TPSA) is 58.6 Å². The van der Waals surface area contributed by atoms with Gasteiger partial charge in [0, 0.05) is 6.54 Å². The third-order valence-corrected chi connectivity index (χ3v) is 5.42. The first-order valence-electron chi connectivity index (χ1n) is 9.74. The second-order valence-electron chi connectivity index (χ2n) is 7.58. The van der Waals surface area contributed by atoms with Gasteiger partial charge in [-0.25, -0.2) is 0 Å². The summed E-state index contributed by atoms with van der Waals surface area (Å²) in [6.45, 7) is -0.285. The summed E-state index contributed by atoms with van der Waals surface area (Å²) in [5, 5.41) is 11.5. The van der Waals surface area contributed by atoms with E-state index in [1.165, 1.54) is 24.3 Å². The van der Waals surface area contributed by atoms with Gasteiger partial charge in [0.1, 0.15) is 11.3 Å². The third-order valence-electron chi connectivity index (χ3n) is 5.42. The molecule has 0 atom stereocenters. The van der Waals surface area contributed by atoms with E-state index in [1.807, 2.05) is 0 Å². The maximum atomic E-state index is 13.9. The number of rotatable bonds is 6. The normalized spacial score (nSPS) is 20.1. The molecule has 1 aliphatic carbocycles. The number of carboxylic acids is 1. The number of carboxylic acid groups (broad SMARTS) is 1. The van der Waals surface area contributed by atoms with E-state index in [-0.39, 0.29) is 44.2 Å². The monoisotopic (exact) mass is 449 g/mol. The molecule has 0 bridgehead atoms. The van der Waals surface area contributed by atoms with Crippen LogP contribution in [0.4, 0.5) is 26.3 Å². The lowest BCUT2D eigenvalue weighted by Gasteiger charge is -2.31. The number of ether oxygens (including phenoxy) is 1. The predicted molar refractivity (Wildman–Crippen MR) is 101 cm³/mol. The Labute approximate surface area is 174 Å². The molecule has 0 heterocycles. The van der Waals surface area contributed by atoms with E-state index in [9.17, 15) is 31.1 Å². The van der Waals surface area contributed by atoms with Gasteiger partial charge in [-0.15, -0.1) is 0 Å². The SMILES string of the molecule is O=C(O)CNCc1cccc2c(C(F)(F)F)c(O[C@H]3CC[C@@H](C(F)(F)F)CC3)ccc12. The van der Waals surface area contributed by atoms with Crippen LogP contribution < -0.4 is 10.1 Å². The highest BCUT2D eigenvalue weighted by atomic mass is 19.4. The van der Waals surface area contributed by atoms with Crippen LogP contribution in [0.15, 0.2) is 30.3 Å². The molecule has 170 valence electrons. The minimum atomic E-state index is -4.74. The summed E-state index contributed by atoms with van der Waals surface area (Å²) < 4.78 is 85.8. The van der Waals surface area contributed by atoms with Crippen LogP contribution in [0.3, 0.4) is 0 Å². The zero-order chi connectivity index (χ0) is 22.8. The van der Waals surface area contributed by atoms with Crippen molar-refractivity contribution in [3.05, 3.63) is 41.5 Å². The second kappa shape index (κ2) is 8.94. The Morgan fingerprint density at radius 1 is 1.00 bits per heavy atom. The molecular formula is C21H21F6NO3. The first kappa shape index (κ1) is 23.2.